The summed E-state index contributed by atoms with van der Waals surface area (Å²) in [5.74, 6) is -0.261. The van der Waals surface area contributed by atoms with Gasteiger partial charge in [-0.25, -0.2) is 9.50 Å². The van der Waals surface area contributed by atoms with Crippen molar-refractivity contribution in [2.75, 3.05) is 39.4 Å². The van der Waals surface area contributed by atoms with Gasteiger partial charge in [-0.3, -0.25) is 10.1 Å². The third-order valence-corrected chi connectivity index (χ3v) is 5.48. The van der Waals surface area contributed by atoms with E-state index in [0.29, 0.717) is 25.2 Å². The summed E-state index contributed by atoms with van der Waals surface area (Å²) in [6.45, 7) is 2.01. The maximum Gasteiger partial charge on any atom is 0.323 e. The largest absolute Gasteiger partial charge is 0.459 e. The van der Waals surface area contributed by atoms with Gasteiger partial charge in [0.05, 0.1) is 32.2 Å². The molecule has 1 saturated heterocycles. The van der Waals surface area contributed by atoms with Gasteiger partial charge in [-0.15, -0.1) is 0 Å². The van der Waals surface area contributed by atoms with E-state index in [2.05, 4.69) is 15.4 Å². The Morgan fingerprint density at radius 1 is 1.52 bits per heavy atom. The molecular formula is C20H28N6O7. The molecule has 0 spiro atoms. The van der Waals surface area contributed by atoms with Crippen molar-refractivity contribution >= 4 is 17.3 Å². The lowest BCUT2D eigenvalue weighted by Crippen LogP contribution is -2.51. The molecule has 5 atom stereocenters. The monoisotopic (exact) mass is 464 g/mol. The number of nitrogens with two attached hydrogens (primary N) is 1. The molecule has 2 aromatic rings. The molecule has 1 aliphatic heterocycles. The number of aromatic nitrogens is 3. The Kier molecular flexibility index (Phi) is 8.14. The maximum atomic E-state index is 12.1. The first-order chi connectivity index (χ1) is 15.8. The highest BCUT2D eigenvalue weighted by Crippen LogP contribution is 2.29. The fourth-order valence-electron chi connectivity index (χ4n) is 3.36. The first-order valence-electron chi connectivity index (χ1n) is 10.3. The van der Waals surface area contributed by atoms with Crippen LogP contribution in [0.3, 0.4) is 0 Å². The molecule has 1 aliphatic rings. The number of nitriles is 1. The molecule has 0 aromatic carbocycles. The summed E-state index contributed by atoms with van der Waals surface area (Å²) >= 11 is 0. The van der Waals surface area contributed by atoms with E-state index in [1.807, 2.05) is 6.07 Å². The molecule has 0 amide bonds. The van der Waals surface area contributed by atoms with Gasteiger partial charge in [-0.05, 0) is 19.1 Å². The zero-order valence-electron chi connectivity index (χ0n) is 18.4. The fourth-order valence-corrected chi connectivity index (χ4v) is 3.36. The molecule has 1 fully saturated rings. The van der Waals surface area contributed by atoms with Crippen molar-refractivity contribution in [3.8, 4) is 6.07 Å². The minimum Gasteiger partial charge on any atom is -0.459 e. The van der Waals surface area contributed by atoms with Crippen LogP contribution in [0.2, 0.25) is 0 Å². The molecule has 13 nitrogen and oxygen atoms in total. The zero-order chi connectivity index (χ0) is 24.0. The number of nitrogens with zero attached hydrogens (tertiary/aromatic N) is 4. The van der Waals surface area contributed by atoms with E-state index in [0.717, 1.165) is 0 Å². The Morgan fingerprint density at radius 2 is 2.30 bits per heavy atom. The number of anilines is 1. The van der Waals surface area contributed by atoms with Crippen molar-refractivity contribution < 1.29 is 34.0 Å². The Morgan fingerprint density at radius 3 is 2.97 bits per heavy atom. The fraction of sp³-hybridized carbons (Fsp3) is 0.600. The maximum absolute atomic E-state index is 12.1. The van der Waals surface area contributed by atoms with Crippen LogP contribution in [0.4, 0.5) is 5.82 Å². The van der Waals surface area contributed by atoms with Gasteiger partial charge in [0, 0.05) is 13.5 Å². The highest BCUT2D eigenvalue weighted by molar-refractivity contribution is 5.75. The number of methoxy groups -OCH3 is 1. The lowest BCUT2D eigenvalue weighted by molar-refractivity contribution is -0.154. The van der Waals surface area contributed by atoms with E-state index in [1.54, 1.807) is 13.0 Å². The van der Waals surface area contributed by atoms with Gasteiger partial charge in [-0.1, -0.05) is 0 Å². The van der Waals surface area contributed by atoms with Crippen LogP contribution < -0.4 is 11.1 Å². The SMILES string of the molecule is CO[C@](C#N)(COCN[C@@H](C)C(=O)O[C@@H]1CCOC1)[C@@H](O)[C@@H](O)c1ccc2c(N)ncnn12. The number of ether oxygens (including phenoxy) is 4. The molecular weight excluding hydrogens is 436 g/mol. The molecule has 13 heteroatoms. The highest BCUT2D eigenvalue weighted by atomic mass is 16.6. The van der Waals surface area contributed by atoms with Crippen LogP contribution in [0.5, 0.6) is 0 Å². The normalized spacial score (nSPS) is 20.6. The van der Waals surface area contributed by atoms with Crippen LogP contribution in [-0.2, 0) is 23.7 Å². The van der Waals surface area contributed by atoms with E-state index in [4.69, 9.17) is 24.7 Å². The van der Waals surface area contributed by atoms with Gasteiger partial charge in [0.15, 0.2) is 5.82 Å². The van der Waals surface area contributed by atoms with E-state index < -0.39 is 36.4 Å². The summed E-state index contributed by atoms with van der Waals surface area (Å²) in [7, 11) is 1.22. The number of fused-ring (bicyclic) bond motifs is 1. The molecule has 180 valence electrons. The van der Waals surface area contributed by atoms with Gasteiger partial charge in [0.2, 0.25) is 5.60 Å². The van der Waals surface area contributed by atoms with Gasteiger partial charge >= 0.3 is 5.97 Å². The average molecular weight is 464 g/mol. The van der Waals surface area contributed by atoms with Crippen molar-refractivity contribution in [2.24, 2.45) is 0 Å². The summed E-state index contributed by atoms with van der Waals surface area (Å²) in [6, 6.07) is 4.29. The van der Waals surface area contributed by atoms with E-state index in [9.17, 15) is 20.3 Å². The molecule has 0 aliphatic carbocycles. The third kappa shape index (κ3) is 5.38. The van der Waals surface area contributed by atoms with Crippen molar-refractivity contribution in [3.63, 3.8) is 0 Å². The van der Waals surface area contributed by atoms with E-state index in [-0.39, 0.29) is 24.3 Å². The Labute approximate surface area is 190 Å². The standard InChI is InChI=1S/C20H28N6O7/c1-12(19(29)33-13-5-6-31-7-13)24-11-32-9-20(8-21,30-2)17(28)16(27)14-3-4-15-18(22)23-10-25-26(14)15/h3-4,10,12-13,16-17,24,27-28H,5-7,9,11H2,1-2H3,(H2,22,23,25)/t12-,13+,16-,17-,20+/m0/s1. The Bertz CT molecular complexity index is 989. The predicted octanol–water partition coefficient (Wildman–Crippen LogP) is -1.10. The first-order valence-corrected chi connectivity index (χ1v) is 10.3. The minimum absolute atomic E-state index is 0.134. The number of aliphatic hydroxyl groups is 2. The second-order valence-electron chi connectivity index (χ2n) is 7.64. The Balaban J connectivity index is 1.58. The minimum atomic E-state index is -1.91. The van der Waals surface area contributed by atoms with Gasteiger partial charge in [0.25, 0.3) is 0 Å². The van der Waals surface area contributed by atoms with Crippen LogP contribution >= 0.6 is 0 Å². The van der Waals surface area contributed by atoms with Crippen molar-refractivity contribution in [1.82, 2.24) is 19.9 Å². The topological polar surface area (TPSA) is 186 Å². The number of aliphatic hydroxyl groups excluding tert-OH is 2. The zero-order valence-corrected chi connectivity index (χ0v) is 18.4. The Hall–Kier alpha value is -2.86. The molecule has 0 unspecified atom stereocenters. The van der Waals surface area contributed by atoms with Crippen LogP contribution in [0.25, 0.3) is 5.52 Å². The highest BCUT2D eigenvalue weighted by Gasteiger charge is 2.44. The number of hydrogen-bond acceptors (Lipinski definition) is 12. The number of nitrogen functional groups attached to an aromatic ring is 1. The molecule has 3 rings (SSSR count). The molecule has 33 heavy (non-hydrogen) atoms. The van der Waals surface area contributed by atoms with Crippen molar-refractivity contribution in [3.05, 3.63) is 24.2 Å². The second kappa shape index (κ2) is 10.8. The smallest absolute Gasteiger partial charge is 0.323 e. The van der Waals surface area contributed by atoms with Gasteiger partial charge in [0.1, 0.15) is 42.3 Å². The molecule has 3 heterocycles. The number of esters is 1. The summed E-state index contributed by atoms with van der Waals surface area (Å²) in [5.41, 5.74) is 4.51. The summed E-state index contributed by atoms with van der Waals surface area (Å²) in [6.07, 6.45) is -1.65. The lowest BCUT2D eigenvalue weighted by atomic mass is 9.93. The van der Waals surface area contributed by atoms with Crippen molar-refractivity contribution in [2.45, 2.75) is 43.3 Å². The number of carbonyl (C=O) groups is 1. The van der Waals surface area contributed by atoms with Crippen LogP contribution in [-0.4, -0.2) is 88.3 Å². The second-order valence-corrected chi connectivity index (χ2v) is 7.64. The lowest BCUT2D eigenvalue weighted by Gasteiger charge is -2.32. The number of nitrogens with one attached hydrogen (secondary N) is 1. The number of hydrogen-bond donors (Lipinski definition) is 4. The van der Waals surface area contributed by atoms with Crippen LogP contribution in [0.15, 0.2) is 18.5 Å². The van der Waals surface area contributed by atoms with Gasteiger partial charge < -0.3 is 34.9 Å². The average Bonchev–Trinajstić information content (AvgIpc) is 3.49. The number of rotatable bonds is 11. The molecule has 5 N–H and O–H groups in total. The molecule has 0 radical (unpaired) electrons. The van der Waals surface area contributed by atoms with Crippen LogP contribution in [0.1, 0.15) is 25.1 Å². The third-order valence-electron chi connectivity index (χ3n) is 5.48. The summed E-state index contributed by atoms with van der Waals surface area (Å²) in [4.78, 5) is 16.0. The predicted molar refractivity (Wildman–Crippen MR) is 112 cm³/mol. The molecule has 2 aromatic heterocycles. The van der Waals surface area contributed by atoms with Gasteiger partial charge in [-0.2, -0.15) is 10.4 Å². The summed E-state index contributed by atoms with van der Waals surface area (Å²) < 4.78 is 22.5. The van der Waals surface area contributed by atoms with E-state index in [1.165, 1.54) is 24.0 Å². The van der Waals surface area contributed by atoms with E-state index >= 15 is 0 Å². The van der Waals surface area contributed by atoms with Crippen molar-refractivity contribution in [1.29, 1.82) is 5.26 Å². The molecule has 0 bridgehead atoms. The first kappa shape index (κ1) is 24.8. The summed E-state index contributed by atoms with van der Waals surface area (Å²) in [5, 5.41) is 38.2. The molecule has 0 saturated carbocycles. The number of carbonyl (C=O) groups excluding carboxylic acids is 1. The van der Waals surface area contributed by atoms with Crippen LogP contribution in [0, 0.1) is 11.3 Å². The quantitative estimate of drug-likeness (QED) is 0.179.